The molecule has 0 saturated heterocycles. The van der Waals surface area contributed by atoms with Gasteiger partial charge >= 0.3 is 0 Å². The van der Waals surface area contributed by atoms with Crippen LogP contribution in [-0.2, 0) is 21.2 Å². The molecule has 0 unspecified atom stereocenters. The van der Waals surface area contributed by atoms with Gasteiger partial charge in [-0.05, 0) is 31.2 Å². The molecular weight excluding hydrogens is 392 g/mol. The normalized spacial score (nSPS) is 11.6. The number of sulfonamides is 1. The van der Waals surface area contributed by atoms with Gasteiger partial charge in [0.1, 0.15) is 4.90 Å². The van der Waals surface area contributed by atoms with Crippen molar-refractivity contribution in [1.82, 2.24) is 14.5 Å². The van der Waals surface area contributed by atoms with Crippen LogP contribution in [0.1, 0.15) is 17.9 Å². The lowest BCUT2D eigenvalue weighted by Gasteiger charge is -2.15. The third kappa shape index (κ3) is 4.87. The lowest BCUT2D eigenvalue weighted by atomic mass is 10.1. The summed E-state index contributed by atoms with van der Waals surface area (Å²) in [6.07, 6.45) is 0.319. The summed E-state index contributed by atoms with van der Waals surface area (Å²) in [7, 11) is -0.794. The van der Waals surface area contributed by atoms with Gasteiger partial charge in [0.25, 0.3) is 0 Å². The number of rotatable bonds is 7. The van der Waals surface area contributed by atoms with Crippen LogP contribution < -0.4 is 5.32 Å². The highest BCUT2D eigenvalue weighted by atomic mass is 32.2. The Morgan fingerprint density at radius 3 is 2.45 bits per heavy atom. The van der Waals surface area contributed by atoms with E-state index in [1.807, 2.05) is 31.2 Å². The molecule has 3 rings (SSSR count). The summed E-state index contributed by atoms with van der Waals surface area (Å²) in [5.74, 6) is 0.384. The van der Waals surface area contributed by atoms with E-state index >= 15 is 0 Å². The maximum absolute atomic E-state index is 12.4. The third-order valence-corrected chi connectivity index (χ3v) is 6.12. The summed E-state index contributed by atoms with van der Waals surface area (Å²) in [5.41, 5.74) is 2.17. The Labute approximate surface area is 169 Å². The smallest absolute Gasteiger partial charge is 0.247 e. The van der Waals surface area contributed by atoms with E-state index < -0.39 is 10.0 Å². The molecule has 3 aromatic rings. The number of para-hydroxylation sites is 1. The summed E-state index contributed by atoms with van der Waals surface area (Å²) in [6, 6.07) is 14.0. The van der Waals surface area contributed by atoms with Gasteiger partial charge in [-0.3, -0.25) is 4.79 Å². The van der Waals surface area contributed by atoms with Crippen molar-refractivity contribution in [3.63, 3.8) is 0 Å². The third-order valence-electron chi connectivity index (χ3n) is 4.25. The molecule has 1 N–H and O–H groups in total. The lowest BCUT2D eigenvalue weighted by Crippen LogP contribution is -2.24. The van der Waals surface area contributed by atoms with Crippen LogP contribution in [-0.4, -0.2) is 42.9 Å². The fraction of sp³-hybridized carbons (Fsp3) is 0.250. The zero-order chi connectivity index (χ0) is 21.0. The largest absolute Gasteiger partial charge is 0.421 e. The highest BCUT2D eigenvalue weighted by molar-refractivity contribution is 7.89. The van der Waals surface area contributed by atoms with Crippen molar-refractivity contribution in [3.05, 3.63) is 60.0 Å². The quantitative estimate of drug-likeness (QED) is 0.637. The number of amides is 1. The maximum atomic E-state index is 12.4. The molecule has 29 heavy (non-hydrogen) atoms. The Kier molecular flexibility index (Phi) is 6.09. The molecule has 0 atom stereocenters. The first-order valence-corrected chi connectivity index (χ1v) is 10.4. The van der Waals surface area contributed by atoms with E-state index in [4.69, 9.17) is 4.42 Å². The van der Waals surface area contributed by atoms with Crippen molar-refractivity contribution in [2.24, 2.45) is 0 Å². The number of aromatic nitrogens is 2. The number of aryl methyl sites for hydroxylation is 2. The Bertz CT molecular complexity index is 1110. The summed E-state index contributed by atoms with van der Waals surface area (Å²) >= 11 is 0. The number of nitrogens with one attached hydrogen (secondary N) is 1. The standard InChI is InChI=1S/C20H22N4O4S/c1-14-8-10-15(11-9-14)20-23-22-19(28-20)13-12-18(25)21-16-6-4-5-7-17(16)29(26,27)24(2)3/h4-11H,12-13H2,1-3H3,(H,21,25). The van der Waals surface area contributed by atoms with E-state index in [0.29, 0.717) is 11.8 Å². The molecule has 9 heteroatoms. The number of hydrogen-bond acceptors (Lipinski definition) is 6. The fourth-order valence-electron chi connectivity index (χ4n) is 2.59. The van der Waals surface area contributed by atoms with E-state index in [2.05, 4.69) is 15.5 Å². The van der Waals surface area contributed by atoms with Crippen LogP contribution in [0.25, 0.3) is 11.5 Å². The number of nitrogens with zero attached hydrogens (tertiary/aromatic N) is 3. The van der Waals surface area contributed by atoms with Gasteiger partial charge in [-0.25, -0.2) is 12.7 Å². The monoisotopic (exact) mass is 414 g/mol. The van der Waals surface area contributed by atoms with Crippen LogP contribution in [0.5, 0.6) is 0 Å². The Morgan fingerprint density at radius 1 is 1.07 bits per heavy atom. The summed E-state index contributed by atoms with van der Waals surface area (Å²) in [4.78, 5) is 12.4. The van der Waals surface area contributed by atoms with E-state index in [0.717, 1.165) is 15.4 Å². The summed E-state index contributed by atoms with van der Waals surface area (Å²) < 4.78 is 31.5. The second-order valence-corrected chi connectivity index (χ2v) is 8.82. The molecule has 1 heterocycles. The minimum Gasteiger partial charge on any atom is -0.421 e. The molecule has 152 valence electrons. The van der Waals surface area contributed by atoms with Crippen molar-refractivity contribution in [2.45, 2.75) is 24.7 Å². The predicted molar refractivity (Wildman–Crippen MR) is 109 cm³/mol. The molecule has 0 bridgehead atoms. The average molecular weight is 414 g/mol. The molecule has 0 saturated carbocycles. The van der Waals surface area contributed by atoms with Crippen LogP contribution in [0.15, 0.2) is 57.8 Å². The molecule has 0 spiro atoms. The van der Waals surface area contributed by atoms with Gasteiger partial charge in [-0.1, -0.05) is 29.8 Å². The van der Waals surface area contributed by atoms with Gasteiger partial charge in [0.15, 0.2) is 0 Å². The SMILES string of the molecule is Cc1ccc(-c2nnc(CCC(=O)Nc3ccccc3S(=O)(=O)N(C)C)o2)cc1. The van der Waals surface area contributed by atoms with Gasteiger partial charge in [-0.2, -0.15) is 0 Å². The number of anilines is 1. The van der Waals surface area contributed by atoms with Crippen molar-refractivity contribution in [1.29, 1.82) is 0 Å². The minimum atomic E-state index is -3.67. The van der Waals surface area contributed by atoms with Gasteiger partial charge in [0.2, 0.25) is 27.7 Å². The van der Waals surface area contributed by atoms with Crippen LogP contribution in [0.4, 0.5) is 5.69 Å². The number of carbonyl (C=O) groups excluding carboxylic acids is 1. The predicted octanol–water partition coefficient (Wildman–Crippen LogP) is 2.87. The van der Waals surface area contributed by atoms with E-state index in [9.17, 15) is 13.2 Å². The fourth-order valence-corrected chi connectivity index (χ4v) is 3.63. The molecule has 0 fully saturated rings. The van der Waals surface area contributed by atoms with Crippen LogP contribution in [0.3, 0.4) is 0 Å². The minimum absolute atomic E-state index is 0.0396. The molecule has 0 radical (unpaired) electrons. The van der Waals surface area contributed by atoms with Gasteiger partial charge in [0, 0.05) is 32.5 Å². The molecule has 1 aromatic heterocycles. The molecule has 8 nitrogen and oxygen atoms in total. The van der Waals surface area contributed by atoms with Crippen LogP contribution in [0.2, 0.25) is 0 Å². The zero-order valence-electron chi connectivity index (χ0n) is 16.4. The van der Waals surface area contributed by atoms with Gasteiger partial charge in [-0.15, -0.1) is 10.2 Å². The summed E-state index contributed by atoms with van der Waals surface area (Å²) in [5, 5.41) is 10.6. The molecule has 0 aliphatic carbocycles. The van der Waals surface area contributed by atoms with Crippen LogP contribution >= 0.6 is 0 Å². The van der Waals surface area contributed by atoms with Crippen molar-refractivity contribution < 1.29 is 17.6 Å². The van der Waals surface area contributed by atoms with E-state index in [1.54, 1.807) is 18.2 Å². The molecule has 1 amide bonds. The van der Waals surface area contributed by atoms with E-state index in [-0.39, 0.29) is 29.3 Å². The van der Waals surface area contributed by atoms with Crippen molar-refractivity contribution in [3.8, 4) is 11.5 Å². The Hall–Kier alpha value is -3.04. The Morgan fingerprint density at radius 2 is 1.76 bits per heavy atom. The molecular formula is C20H22N4O4S. The first-order chi connectivity index (χ1) is 13.8. The van der Waals surface area contributed by atoms with E-state index in [1.165, 1.54) is 20.2 Å². The van der Waals surface area contributed by atoms with Gasteiger partial charge < -0.3 is 9.73 Å². The lowest BCUT2D eigenvalue weighted by molar-refractivity contribution is -0.116. The average Bonchev–Trinajstić information content (AvgIpc) is 3.16. The molecule has 0 aliphatic heterocycles. The molecule has 2 aromatic carbocycles. The second kappa shape index (κ2) is 8.54. The zero-order valence-corrected chi connectivity index (χ0v) is 17.2. The summed E-state index contributed by atoms with van der Waals surface area (Å²) in [6.45, 7) is 1.99. The topological polar surface area (TPSA) is 105 Å². The maximum Gasteiger partial charge on any atom is 0.247 e. The number of benzene rings is 2. The van der Waals surface area contributed by atoms with Crippen molar-refractivity contribution >= 4 is 21.6 Å². The second-order valence-electron chi connectivity index (χ2n) is 6.70. The van der Waals surface area contributed by atoms with Crippen LogP contribution in [0, 0.1) is 6.92 Å². The molecule has 0 aliphatic rings. The number of carbonyl (C=O) groups is 1. The first kappa shape index (κ1) is 20.7. The highest BCUT2D eigenvalue weighted by Crippen LogP contribution is 2.23. The van der Waals surface area contributed by atoms with Crippen molar-refractivity contribution in [2.75, 3.05) is 19.4 Å². The van der Waals surface area contributed by atoms with Gasteiger partial charge in [0.05, 0.1) is 5.69 Å². The highest BCUT2D eigenvalue weighted by Gasteiger charge is 2.22. The number of hydrogen-bond donors (Lipinski definition) is 1. The Balaban J connectivity index is 1.65. The first-order valence-electron chi connectivity index (χ1n) is 8.98.